The van der Waals surface area contributed by atoms with Crippen LogP contribution in [0.2, 0.25) is 0 Å². The molecule has 1 atom stereocenters. The molecule has 0 aliphatic heterocycles. The van der Waals surface area contributed by atoms with Gasteiger partial charge < -0.3 is 9.67 Å². The molecule has 0 aromatic carbocycles. The minimum absolute atomic E-state index is 0.564. The average molecular weight is 221 g/mol. The Balaban J connectivity index is 2.40. The molecule has 1 unspecified atom stereocenters. The molecule has 1 N–H and O–H groups in total. The van der Waals surface area contributed by atoms with Crippen LogP contribution in [0.4, 0.5) is 0 Å². The number of hydrogen-bond donors (Lipinski definition) is 1. The first-order chi connectivity index (χ1) is 7.24. The lowest BCUT2D eigenvalue weighted by atomic mass is 10.1. The number of aliphatic hydroxyl groups is 1. The van der Waals surface area contributed by atoms with Crippen molar-refractivity contribution < 1.29 is 9.90 Å². The number of nitrogens with zero attached hydrogens (tertiary/aromatic N) is 1. The van der Waals surface area contributed by atoms with Gasteiger partial charge in [0.2, 0.25) is 0 Å². The van der Waals surface area contributed by atoms with Crippen molar-refractivity contribution in [2.75, 3.05) is 0 Å². The molecule has 2 aromatic rings. The van der Waals surface area contributed by atoms with E-state index in [0.717, 1.165) is 12.0 Å². The molecule has 0 radical (unpaired) electrons. The van der Waals surface area contributed by atoms with Crippen LogP contribution in [0.3, 0.4) is 0 Å². The molecule has 15 heavy (non-hydrogen) atoms. The molecule has 2 rings (SSSR count). The number of aldehydes is 1. The van der Waals surface area contributed by atoms with Gasteiger partial charge in [-0.3, -0.25) is 4.79 Å². The zero-order valence-corrected chi connectivity index (χ0v) is 9.07. The van der Waals surface area contributed by atoms with Crippen molar-refractivity contribution in [3.8, 4) is 0 Å². The zero-order valence-electron chi connectivity index (χ0n) is 8.25. The standard InChI is InChI=1S/C11H11NO2S/c1-12-5-2-3-9(12)10(14)11-8(7-13)4-6-15-11/h2-7,10,14H,1H3. The molecule has 0 bridgehead atoms. The van der Waals surface area contributed by atoms with E-state index in [1.807, 2.05) is 35.3 Å². The van der Waals surface area contributed by atoms with Crippen molar-refractivity contribution >= 4 is 17.6 Å². The van der Waals surface area contributed by atoms with E-state index in [1.165, 1.54) is 11.3 Å². The van der Waals surface area contributed by atoms with Gasteiger partial charge in [0, 0.05) is 23.7 Å². The maximum Gasteiger partial charge on any atom is 0.151 e. The van der Waals surface area contributed by atoms with E-state index < -0.39 is 6.10 Å². The highest BCUT2D eigenvalue weighted by molar-refractivity contribution is 7.10. The summed E-state index contributed by atoms with van der Waals surface area (Å²) in [4.78, 5) is 11.4. The first kappa shape index (κ1) is 10.1. The van der Waals surface area contributed by atoms with Gasteiger partial charge in [-0.15, -0.1) is 11.3 Å². The van der Waals surface area contributed by atoms with E-state index in [0.29, 0.717) is 10.4 Å². The first-order valence-corrected chi connectivity index (χ1v) is 5.44. The quantitative estimate of drug-likeness (QED) is 0.805. The maximum atomic E-state index is 10.7. The summed E-state index contributed by atoms with van der Waals surface area (Å²) in [6, 6.07) is 5.44. The smallest absolute Gasteiger partial charge is 0.151 e. The van der Waals surface area contributed by atoms with Gasteiger partial charge in [-0.2, -0.15) is 0 Å². The van der Waals surface area contributed by atoms with Crippen LogP contribution in [-0.4, -0.2) is 16.0 Å². The van der Waals surface area contributed by atoms with Gasteiger partial charge in [0.05, 0.1) is 5.69 Å². The topological polar surface area (TPSA) is 42.2 Å². The largest absolute Gasteiger partial charge is 0.381 e. The van der Waals surface area contributed by atoms with E-state index in [9.17, 15) is 9.90 Å². The minimum Gasteiger partial charge on any atom is -0.381 e. The van der Waals surface area contributed by atoms with Gasteiger partial charge in [-0.25, -0.2) is 0 Å². The van der Waals surface area contributed by atoms with Gasteiger partial charge in [-0.1, -0.05) is 0 Å². The van der Waals surface area contributed by atoms with Crippen LogP contribution >= 0.6 is 11.3 Å². The summed E-state index contributed by atoms with van der Waals surface area (Å²) in [5.41, 5.74) is 1.36. The summed E-state index contributed by atoms with van der Waals surface area (Å²) in [5, 5.41) is 11.9. The molecule has 0 aliphatic carbocycles. The summed E-state index contributed by atoms with van der Waals surface area (Å²) in [6.45, 7) is 0. The fourth-order valence-electron chi connectivity index (χ4n) is 1.54. The van der Waals surface area contributed by atoms with Crippen molar-refractivity contribution in [3.63, 3.8) is 0 Å². The molecule has 3 nitrogen and oxygen atoms in total. The SMILES string of the molecule is Cn1cccc1C(O)c1sccc1C=O. The molecule has 2 aromatic heterocycles. The number of aryl methyl sites for hydroxylation is 1. The van der Waals surface area contributed by atoms with Crippen LogP contribution in [-0.2, 0) is 7.05 Å². The summed E-state index contributed by atoms with van der Waals surface area (Å²) in [6.07, 6.45) is 1.93. The lowest BCUT2D eigenvalue weighted by Crippen LogP contribution is -2.05. The van der Waals surface area contributed by atoms with Gasteiger partial charge in [0.1, 0.15) is 6.10 Å². The number of aliphatic hydroxyl groups excluding tert-OH is 1. The molecular formula is C11H11NO2S. The van der Waals surface area contributed by atoms with Gasteiger partial charge in [-0.05, 0) is 23.6 Å². The fourth-order valence-corrected chi connectivity index (χ4v) is 2.41. The van der Waals surface area contributed by atoms with Crippen molar-refractivity contribution in [2.24, 2.45) is 7.05 Å². The number of carbonyl (C=O) groups is 1. The molecule has 0 fully saturated rings. The van der Waals surface area contributed by atoms with E-state index in [1.54, 1.807) is 6.07 Å². The van der Waals surface area contributed by atoms with Gasteiger partial charge in [0.15, 0.2) is 6.29 Å². The first-order valence-electron chi connectivity index (χ1n) is 4.56. The summed E-state index contributed by atoms with van der Waals surface area (Å²) in [7, 11) is 1.87. The number of rotatable bonds is 3. The Hall–Kier alpha value is -1.39. The Morgan fingerprint density at radius 3 is 2.93 bits per heavy atom. The number of aromatic nitrogens is 1. The predicted molar refractivity (Wildman–Crippen MR) is 59.2 cm³/mol. The summed E-state index contributed by atoms with van der Waals surface area (Å²) in [5.74, 6) is 0. The molecule has 0 saturated heterocycles. The van der Waals surface area contributed by atoms with Crippen LogP contribution < -0.4 is 0 Å². The van der Waals surface area contributed by atoms with Crippen LogP contribution in [0.1, 0.15) is 27.0 Å². The highest BCUT2D eigenvalue weighted by Crippen LogP contribution is 2.28. The molecule has 0 saturated carbocycles. The third-order valence-corrected chi connectivity index (χ3v) is 3.35. The summed E-state index contributed by atoms with van der Waals surface area (Å²) >= 11 is 1.39. The van der Waals surface area contributed by atoms with E-state index in [4.69, 9.17) is 0 Å². The molecule has 0 spiro atoms. The molecular weight excluding hydrogens is 210 g/mol. The average Bonchev–Trinajstić information content (AvgIpc) is 2.84. The van der Waals surface area contributed by atoms with Gasteiger partial charge >= 0.3 is 0 Å². The van der Waals surface area contributed by atoms with Crippen LogP contribution in [0.25, 0.3) is 0 Å². The number of thiophene rings is 1. The Morgan fingerprint density at radius 1 is 1.53 bits per heavy atom. The molecule has 0 aliphatic rings. The maximum absolute atomic E-state index is 10.7. The van der Waals surface area contributed by atoms with E-state index >= 15 is 0 Å². The zero-order chi connectivity index (χ0) is 10.8. The third-order valence-electron chi connectivity index (χ3n) is 2.37. The predicted octanol–water partition coefficient (Wildman–Crippen LogP) is 1.98. The van der Waals surface area contributed by atoms with Crippen LogP contribution in [0, 0.1) is 0 Å². The highest BCUT2D eigenvalue weighted by atomic mass is 32.1. The third kappa shape index (κ3) is 1.73. The second-order valence-electron chi connectivity index (χ2n) is 3.30. The Bertz CT molecular complexity index is 472. The monoisotopic (exact) mass is 221 g/mol. The molecule has 0 amide bonds. The van der Waals surface area contributed by atoms with E-state index in [-0.39, 0.29) is 0 Å². The minimum atomic E-state index is -0.717. The lowest BCUT2D eigenvalue weighted by Gasteiger charge is -2.10. The Morgan fingerprint density at radius 2 is 2.33 bits per heavy atom. The Labute approximate surface area is 91.6 Å². The van der Waals surface area contributed by atoms with Crippen molar-refractivity contribution in [2.45, 2.75) is 6.10 Å². The Kier molecular flexibility index (Phi) is 2.70. The van der Waals surface area contributed by atoms with Crippen LogP contribution in [0.15, 0.2) is 29.8 Å². The second kappa shape index (κ2) is 4.00. The van der Waals surface area contributed by atoms with Crippen molar-refractivity contribution in [3.05, 3.63) is 45.9 Å². The van der Waals surface area contributed by atoms with E-state index in [2.05, 4.69) is 0 Å². The summed E-state index contributed by atoms with van der Waals surface area (Å²) < 4.78 is 1.85. The number of carbonyl (C=O) groups excluding carboxylic acids is 1. The number of hydrogen-bond acceptors (Lipinski definition) is 3. The second-order valence-corrected chi connectivity index (χ2v) is 4.25. The highest BCUT2D eigenvalue weighted by Gasteiger charge is 2.17. The molecule has 4 heteroatoms. The normalized spacial score (nSPS) is 12.7. The van der Waals surface area contributed by atoms with Crippen LogP contribution in [0.5, 0.6) is 0 Å². The lowest BCUT2D eigenvalue weighted by molar-refractivity contribution is 0.111. The van der Waals surface area contributed by atoms with Crippen molar-refractivity contribution in [1.82, 2.24) is 4.57 Å². The molecule has 2 heterocycles. The molecule has 78 valence electrons. The van der Waals surface area contributed by atoms with Crippen molar-refractivity contribution in [1.29, 1.82) is 0 Å². The fraction of sp³-hybridized carbons (Fsp3) is 0.182. The van der Waals surface area contributed by atoms with Gasteiger partial charge in [0.25, 0.3) is 0 Å².